The number of nitrogens with one attached hydrogen (secondary N) is 1. The molecule has 0 fully saturated rings. The Morgan fingerprint density at radius 2 is 2.14 bits per heavy atom. The van der Waals surface area contributed by atoms with Gasteiger partial charge < -0.3 is 14.5 Å². The molecule has 0 amide bonds. The number of benzene rings is 1. The maximum atomic E-state index is 5.68. The van der Waals surface area contributed by atoms with Gasteiger partial charge in [0.1, 0.15) is 11.5 Å². The van der Waals surface area contributed by atoms with Gasteiger partial charge in [-0.2, -0.15) is 0 Å². The molecule has 114 valence electrons. The van der Waals surface area contributed by atoms with Crippen LogP contribution >= 0.6 is 11.8 Å². The molecule has 2 aromatic rings. The third-order valence-corrected chi connectivity index (χ3v) is 4.32. The minimum Gasteiger partial charge on any atom is -0.496 e. The summed E-state index contributed by atoms with van der Waals surface area (Å²) in [6.07, 6.45) is 0. The second-order valence-corrected chi connectivity index (χ2v) is 5.87. The fourth-order valence-electron chi connectivity index (χ4n) is 2.21. The summed E-state index contributed by atoms with van der Waals surface area (Å²) in [7, 11) is 1.70. The summed E-state index contributed by atoms with van der Waals surface area (Å²) in [5.41, 5.74) is 2.07. The number of aryl methyl sites for hydroxylation is 2. The number of aromatic nitrogens is 1. The highest BCUT2D eigenvalue weighted by Gasteiger charge is 2.18. The van der Waals surface area contributed by atoms with Crippen molar-refractivity contribution in [2.45, 2.75) is 43.9 Å². The standard InChI is InChI=1S/C16H22N2O2S/c1-6-17-11(3)15-13(19-5)8-7-9-14(15)21-16-18-10(2)12(4)20-16/h7-9,11,17H,6H2,1-5H3. The molecule has 1 aromatic carbocycles. The number of hydrogen-bond acceptors (Lipinski definition) is 5. The molecule has 1 N–H and O–H groups in total. The number of nitrogens with zero attached hydrogens (tertiary/aromatic N) is 1. The zero-order chi connectivity index (χ0) is 15.4. The van der Waals surface area contributed by atoms with Crippen LogP contribution in [0.3, 0.4) is 0 Å². The summed E-state index contributed by atoms with van der Waals surface area (Å²) in [5, 5.41) is 4.10. The predicted octanol–water partition coefficient (Wildman–Crippen LogP) is 4.12. The largest absolute Gasteiger partial charge is 0.496 e. The number of hydrogen-bond donors (Lipinski definition) is 1. The van der Waals surface area contributed by atoms with Gasteiger partial charge in [0.15, 0.2) is 0 Å². The van der Waals surface area contributed by atoms with Gasteiger partial charge in [-0.05, 0) is 51.2 Å². The highest BCUT2D eigenvalue weighted by atomic mass is 32.2. The van der Waals surface area contributed by atoms with Gasteiger partial charge in [-0.1, -0.05) is 13.0 Å². The first-order valence-electron chi connectivity index (χ1n) is 7.09. The van der Waals surface area contributed by atoms with E-state index in [0.717, 1.165) is 34.2 Å². The molecule has 0 saturated carbocycles. The van der Waals surface area contributed by atoms with E-state index in [1.54, 1.807) is 7.11 Å². The van der Waals surface area contributed by atoms with Gasteiger partial charge in [0.05, 0.1) is 12.8 Å². The van der Waals surface area contributed by atoms with E-state index in [1.807, 2.05) is 26.0 Å². The first-order chi connectivity index (χ1) is 10.1. The minimum absolute atomic E-state index is 0.200. The predicted molar refractivity (Wildman–Crippen MR) is 85.2 cm³/mol. The van der Waals surface area contributed by atoms with Gasteiger partial charge in [0, 0.05) is 16.5 Å². The zero-order valence-electron chi connectivity index (χ0n) is 13.2. The Labute approximate surface area is 130 Å². The Balaban J connectivity index is 2.37. The van der Waals surface area contributed by atoms with E-state index in [9.17, 15) is 0 Å². The molecule has 2 rings (SSSR count). The Morgan fingerprint density at radius 1 is 1.38 bits per heavy atom. The second kappa shape index (κ2) is 7.00. The van der Waals surface area contributed by atoms with Crippen LogP contribution < -0.4 is 10.1 Å². The monoisotopic (exact) mass is 306 g/mol. The van der Waals surface area contributed by atoms with Crippen LogP contribution in [0, 0.1) is 13.8 Å². The minimum atomic E-state index is 0.200. The molecule has 0 radical (unpaired) electrons. The van der Waals surface area contributed by atoms with E-state index in [1.165, 1.54) is 11.8 Å². The number of ether oxygens (including phenoxy) is 1. The molecule has 0 aliphatic carbocycles. The van der Waals surface area contributed by atoms with E-state index >= 15 is 0 Å². The van der Waals surface area contributed by atoms with Crippen LogP contribution in [0.1, 0.15) is 36.9 Å². The van der Waals surface area contributed by atoms with E-state index in [4.69, 9.17) is 9.15 Å². The third-order valence-electron chi connectivity index (χ3n) is 3.40. The van der Waals surface area contributed by atoms with Gasteiger partial charge in [0.2, 0.25) is 0 Å². The molecule has 0 aliphatic heterocycles. The third kappa shape index (κ3) is 3.60. The molecule has 1 atom stereocenters. The summed E-state index contributed by atoms with van der Waals surface area (Å²) < 4.78 is 11.2. The smallest absolute Gasteiger partial charge is 0.261 e. The van der Waals surface area contributed by atoms with Crippen LogP contribution in [0.25, 0.3) is 0 Å². The van der Waals surface area contributed by atoms with Gasteiger partial charge in [-0.25, -0.2) is 4.98 Å². The summed E-state index contributed by atoms with van der Waals surface area (Å²) in [4.78, 5) is 5.54. The first-order valence-corrected chi connectivity index (χ1v) is 7.90. The second-order valence-electron chi connectivity index (χ2n) is 4.87. The van der Waals surface area contributed by atoms with Crippen LogP contribution in [-0.2, 0) is 0 Å². The van der Waals surface area contributed by atoms with Crippen molar-refractivity contribution in [3.05, 3.63) is 35.2 Å². The van der Waals surface area contributed by atoms with Gasteiger partial charge >= 0.3 is 0 Å². The molecule has 5 heteroatoms. The summed E-state index contributed by atoms with van der Waals surface area (Å²) in [6.45, 7) is 9.02. The highest BCUT2D eigenvalue weighted by Crippen LogP contribution is 2.38. The molecular weight excluding hydrogens is 284 g/mol. The fraction of sp³-hybridized carbons (Fsp3) is 0.438. The van der Waals surface area contributed by atoms with Crippen LogP contribution in [0.4, 0.5) is 0 Å². The number of rotatable bonds is 6. The SMILES string of the molecule is CCNC(C)c1c(OC)cccc1Sc1nc(C)c(C)o1. The lowest BCUT2D eigenvalue weighted by molar-refractivity contribution is 0.399. The molecule has 4 nitrogen and oxygen atoms in total. The van der Waals surface area contributed by atoms with Crippen LogP contribution in [0.2, 0.25) is 0 Å². The van der Waals surface area contributed by atoms with Crippen molar-refractivity contribution in [1.29, 1.82) is 0 Å². The van der Waals surface area contributed by atoms with Crippen molar-refractivity contribution >= 4 is 11.8 Å². The molecular formula is C16H22N2O2S. The first kappa shape index (κ1) is 15.9. The molecule has 0 spiro atoms. The molecule has 0 saturated heterocycles. The van der Waals surface area contributed by atoms with E-state index in [-0.39, 0.29) is 6.04 Å². The van der Waals surface area contributed by atoms with Crippen molar-refractivity contribution < 1.29 is 9.15 Å². The van der Waals surface area contributed by atoms with Crippen LogP contribution in [-0.4, -0.2) is 18.6 Å². The fourth-order valence-corrected chi connectivity index (χ4v) is 3.28. The van der Waals surface area contributed by atoms with Gasteiger partial charge in [-0.3, -0.25) is 0 Å². The molecule has 1 heterocycles. The van der Waals surface area contributed by atoms with Crippen molar-refractivity contribution in [3.8, 4) is 5.75 Å². The summed E-state index contributed by atoms with van der Waals surface area (Å²) in [5.74, 6) is 1.75. The van der Waals surface area contributed by atoms with Crippen molar-refractivity contribution in [2.24, 2.45) is 0 Å². The van der Waals surface area contributed by atoms with E-state index in [2.05, 4.69) is 30.2 Å². The topological polar surface area (TPSA) is 47.3 Å². The van der Waals surface area contributed by atoms with E-state index in [0.29, 0.717) is 5.22 Å². The zero-order valence-corrected chi connectivity index (χ0v) is 14.0. The molecule has 1 aromatic heterocycles. The lowest BCUT2D eigenvalue weighted by Gasteiger charge is -2.19. The number of oxazole rings is 1. The number of methoxy groups -OCH3 is 1. The summed E-state index contributed by atoms with van der Waals surface area (Å²) >= 11 is 1.54. The maximum absolute atomic E-state index is 5.68. The van der Waals surface area contributed by atoms with Crippen LogP contribution in [0.5, 0.6) is 5.75 Å². The highest BCUT2D eigenvalue weighted by molar-refractivity contribution is 7.99. The summed E-state index contributed by atoms with van der Waals surface area (Å²) in [6, 6.07) is 6.25. The van der Waals surface area contributed by atoms with Crippen molar-refractivity contribution in [3.63, 3.8) is 0 Å². The van der Waals surface area contributed by atoms with E-state index < -0.39 is 0 Å². The molecule has 0 aliphatic rings. The molecule has 0 bridgehead atoms. The average molecular weight is 306 g/mol. The Hall–Kier alpha value is -1.46. The van der Waals surface area contributed by atoms with Crippen LogP contribution in [0.15, 0.2) is 32.7 Å². The van der Waals surface area contributed by atoms with Crippen molar-refractivity contribution in [2.75, 3.05) is 13.7 Å². The van der Waals surface area contributed by atoms with Crippen molar-refractivity contribution in [1.82, 2.24) is 10.3 Å². The Bertz CT molecular complexity index is 591. The lowest BCUT2D eigenvalue weighted by atomic mass is 10.1. The molecule has 1 unspecified atom stereocenters. The Kier molecular flexibility index (Phi) is 5.31. The normalized spacial score (nSPS) is 12.4. The van der Waals surface area contributed by atoms with Gasteiger partial charge in [0.25, 0.3) is 5.22 Å². The quantitative estimate of drug-likeness (QED) is 0.870. The Morgan fingerprint density at radius 3 is 2.71 bits per heavy atom. The maximum Gasteiger partial charge on any atom is 0.261 e. The molecule has 21 heavy (non-hydrogen) atoms. The average Bonchev–Trinajstić information content (AvgIpc) is 2.77. The lowest BCUT2D eigenvalue weighted by Crippen LogP contribution is -2.19. The van der Waals surface area contributed by atoms with Gasteiger partial charge in [-0.15, -0.1) is 0 Å².